The number of halogens is 1. The molecule has 0 saturated carbocycles. The Hall–Kier alpha value is -1.59. The highest BCUT2D eigenvalue weighted by Gasteiger charge is 2.16. The number of hydrogen-bond acceptors (Lipinski definition) is 3. The fourth-order valence-corrected chi connectivity index (χ4v) is 2.22. The topological polar surface area (TPSA) is 67.4 Å². The molecule has 108 valence electrons. The molecule has 1 aromatic carbocycles. The first kappa shape index (κ1) is 14.8. The van der Waals surface area contributed by atoms with E-state index in [0.29, 0.717) is 17.1 Å². The second-order valence-corrected chi connectivity index (χ2v) is 5.01. The highest BCUT2D eigenvalue weighted by molar-refractivity contribution is 6.33. The Balaban J connectivity index is 1.72. The van der Waals surface area contributed by atoms with Crippen LogP contribution in [-0.4, -0.2) is 37.6 Å². The number of ether oxygens (including phenoxy) is 1. The van der Waals surface area contributed by atoms with Crippen LogP contribution in [0.1, 0.15) is 23.2 Å². The molecule has 0 unspecified atom stereocenters. The SMILES string of the molecule is O=C(CNC(=O)c1ccccc1Cl)NC[C@@H]1CCCO1. The van der Waals surface area contributed by atoms with Gasteiger partial charge in [0, 0.05) is 13.2 Å². The fourth-order valence-electron chi connectivity index (χ4n) is 2.00. The molecular formula is C14H17ClN2O3. The zero-order valence-electron chi connectivity index (χ0n) is 11.0. The number of benzene rings is 1. The predicted molar refractivity (Wildman–Crippen MR) is 75.8 cm³/mol. The summed E-state index contributed by atoms with van der Waals surface area (Å²) < 4.78 is 5.39. The van der Waals surface area contributed by atoms with Crippen LogP contribution in [0.15, 0.2) is 24.3 Å². The van der Waals surface area contributed by atoms with E-state index >= 15 is 0 Å². The van der Waals surface area contributed by atoms with Gasteiger partial charge in [-0.3, -0.25) is 9.59 Å². The van der Waals surface area contributed by atoms with Crippen molar-refractivity contribution in [3.05, 3.63) is 34.9 Å². The highest BCUT2D eigenvalue weighted by atomic mass is 35.5. The molecule has 1 heterocycles. The van der Waals surface area contributed by atoms with Crippen molar-refractivity contribution in [2.75, 3.05) is 19.7 Å². The van der Waals surface area contributed by atoms with Crippen molar-refractivity contribution in [3.8, 4) is 0 Å². The van der Waals surface area contributed by atoms with Gasteiger partial charge in [0.25, 0.3) is 5.91 Å². The zero-order chi connectivity index (χ0) is 14.4. The van der Waals surface area contributed by atoms with Crippen molar-refractivity contribution >= 4 is 23.4 Å². The summed E-state index contributed by atoms with van der Waals surface area (Å²) >= 11 is 5.90. The minimum Gasteiger partial charge on any atom is -0.376 e. The second kappa shape index (κ2) is 7.26. The lowest BCUT2D eigenvalue weighted by atomic mass is 10.2. The van der Waals surface area contributed by atoms with Crippen molar-refractivity contribution < 1.29 is 14.3 Å². The molecular weight excluding hydrogens is 280 g/mol. The van der Waals surface area contributed by atoms with Gasteiger partial charge in [-0.05, 0) is 25.0 Å². The normalized spacial score (nSPS) is 17.8. The summed E-state index contributed by atoms with van der Waals surface area (Å²) in [5.41, 5.74) is 0.362. The molecule has 0 aromatic heterocycles. The first-order valence-electron chi connectivity index (χ1n) is 6.58. The molecule has 5 nitrogen and oxygen atoms in total. The molecule has 2 N–H and O–H groups in total. The van der Waals surface area contributed by atoms with Crippen molar-refractivity contribution in [2.45, 2.75) is 18.9 Å². The lowest BCUT2D eigenvalue weighted by Crippen LogP contribution is -2.40. The van der Waals surface area contributed by atoms with E-state index < -0.39 is 0 Å². The van der Waals surface area contributed by atoms with E-state index in [9.17, 15) is 9.59 Å². The molecule has 1 aliphatic heterocycles. The largest absolute Gasteiger partial charge is 0.376 e. The average molecular weight is 297 g/mol. The van der Waals surface area contributed by atoms with Gasteiger partial charge in [-0.1, -0.05) is 23.7 Å². The van der Waals surface area contributed by atoms with Crippen LogP contribution in [0.4, 0.5) is 0 Å². The van der Waals surface area contributed by atoms with Crippen LogP contribution in [0.3, 0.4) is 0 Å². The third-order valence-electron chi connectivity index (χ3n) is 3.08. The number of rotatable bonds is 5. The van der Waals surface area contributed by atoms with E-state index in [2.05, 4.69) is 10.6 Å². The van der Waals surface area contributed by atoms with Gasteiger partial charge in [-0.15, -0.1) is 0 Å². The summed E-state index contributed by atoms with van der Waals surface area (Å²) in [5, 5.41) is 5.64. The van der Waals surface area contributed by atoms with Gasteiger partial charge < -0.3 is 15.4 Å². The number of carbonyl (C=O) groups is 2. The van der Waals surface area contributed by atoms with Gasteiger partial charge >= 0.3 is 0 Å². The molecule has 2 rings (SSSR count). The molecule has 1 aromatic rings. The predicted octanol–water partition coefficient (Wildman–Crippen LogP) is 1.37. The molecule has 0 aliphatic carbocycles. The minimum atomic E-state index is -0.358. The van der Waals surface area contributed by atoms with Gasteiger partial charge in [-0.25, -0.2) is 0 Å². The Kier molecular flexibility index (Phi) is 5.38. The van der Waals surface area contributed by atoms with Crippen LogP contribution < -0.4 is 10.6 Å². The van der Waals surface area contributed by atoms with E-state index in [1.165, 1.54) is 0 Å². The summed E-state index contributed by atoms with van der Waals surface area (Å²) in [4.78, 5) is 23.4. The lowest BCUT2D eigenvalue weighted by molar-refractivity contribution is -0.120. The maximum atomic E-state index is 11.8. The van der Waals surface area contributed by atoms with E-state index in [1.807, 2.05) is 0 Å². The molecule has 1 atom stereocenters. The quantitative estimate of drug-likeness (QED) is 0.862. The van der Waals surface area contributed by atoms with Crippen molar-refractivity contribution in [1.29, 1.82) is 0 Å². The third kappa shape index (κ3) is 4.21. The highest BCUT2D eigenvalue weighted by Crippen LogP contribution is 2.14. The molecule has 0 radical (unpaired) electrons. The average Bonchev–Trinajstić information content (AvgIpc) is 2.96. The molecule has 1 saturated heterocycles. The van der Waals surface area contributed by atoms with Gasteiger partial charge in [0.2, 0.25) is 5.91 Å². The third-order valence-corrected chi connectivity index (χ3v) is 3.41. The lowest BCUT2D eigenvalue weighted by Gasteiger charge is -2.11. The van der Waals surface area contributed by atoms with E-state index in [-0.39, 0.29) is 24.5 Å². The van der Waals surface area contributed by atoms with Crippen LogP contribution in [0.25, 0.3) is 0 Å². The summed E-state index contributed by atoms with van der Waals surface area (Å²) in [7, 11) is 0. The van der Waals surface area contributed by atoms with Crippen molar-refractivity contribution in [1.82, 2.24) is 10.6 Å². The fraction of sp³-hybridized carbons (Fsp3) is 0.429. The summed E-state index contributed by atoms with van der Waals surface area (Å²) in [6, 6.07) is 6.71. The van der Waals surface area contributed by atoms with Crippen LogP contribution in [-0.2, 0) is 9.53 Å². The number of amides is 2. The van der Waals surface area contributed by atoms with Crippen molar-refractivity contribution in [2.24, 2.45) is 0 Å². The van der Waals surface area contributed by atoms with Crippen LogP contribution in [0.5, 0.6) is 0 Å². The van der Waals surface area contributed by atoms with E-state index in [0.717, 1.165) is 19.4 Å². The van der Waals surface area contributed by atoms with Crippen molar-refractivity contribution in [3.63, 3.8) is 0 Å². The molecule has 0 bridgehead atoms. The molecule has 0 spiro atoms. The van der Waals surface area contributed by atoms with Gasteiger partial charge in [-0.2, -0.15) is 0 Å². The number of hydrogen-bond donors (Lipinski definition) is 2. The molecule has 2 amide bonds. The maximum Gasteiger partial charge on any atom is 0.253 e. The molecule has 1 fully saturated rings. The summed E-state index contributed by atoms with van der Waals surface area (Å²) in [5.74, 6) is -0.594. The van der Waals surface area contributed by atoms with Gasteiger partial charge in [0.05, 0.1) is 23.2 Å². The van der Waals surface area contributed by atoms with Crippen LogP contribution >= 0.6 is 11.6 Å². The Morgan fingerprint density at radius 3 is 2.80 bits per heavy atom. The maximum absolute atomic E-state index is 11.8. The van der Waals surface area contributed by atoms with Gasteiger partial charge in [0.1, 0.15) is 0 Å². The summed E-state index contributed by atoms with van der Waals surface area (Å²) in [6.07, 6.45) is 2.09. The zero-order valence-corrected chi connectivity index (χ0v) is 11.8. The smallest absolute Gasteiger partial charge is 0.253 e. The second-order valence-electron chi connectivity index (χ2n) is 4.60. The standard InChI is InChI=1S/C14H17ClN2O3/c15-12-6-2-1-5-11(12)14(19)17-9-13(18)16-8-10-4-3-7-20-10/h1-2,5-6,10H,3-4,7-9H2,(H,16,18)(H,17,19)/t10-/m0/s1. The monoisotopic (exact) mass is 296 g/mol. The van der Waals surface area contributed by atoms with Crippen LogP contribution in [0.2, 0.25) is 5.02 Å². The Morgan fingerprint density at radius 1 is 1.30 bits per heavy atom. The minimum absolute atomic E-state index is 0.0726. The first-order valence-corrected chi connectivity index (χ1v) is 6.95. The number of nitrogens with one attached hydrogen (secondary N) is 2. The van der Waals surface area contributed by atoms with Gasteiger partial charge in [0.15, 0.2) is 0 Å². The van der Waals surface area contributed by atoms with E-state index in [4.69, 9.17) is 16.3 Å². The Bertz CT molecular complexity index is 487. The molecule has 20 heavy (non-hydrogen) atoms. The molecule has 6 heteroatoms. The Labute approximate surface area is 122 Å². The summed E-state index contributed by atoms with van der Waals surface area (Å²) in [6.45, 7) is 1.17. The molecule has 1 aliphatic rings. The Morgan fingerprint density at radius 2 is 2.10 bits per heavy atom. The van der Waals surface area contributed by atoms with E-state index in [1.54, 1.807) is 24.3 Å². The van der Waals surface area contributed by atoms with Crippen LogP contribution in [0, 0.1) is 0 Å². The first-order chi connectivity index (χ1) is 9.66. The number of carbonyl (C=O) groups excluding carboxylic acids is 2.